The van der Waals surface area contributed by atoms with Crippen LogP contribution in [0.25, 0.3) is 0 Å². The molecular formula is C13H22N4. The highest BCUT2D eigenvalue weighted by Crippen LogP contribution is 2.14. The molecule has 94 valence electrons. The Morgan fingerprint density at radius 3 is 2.65 bits per heavy atom. The first-order valence-corrected chi connectivity index (χ1v) is 6.61. The van der Waals surface area contributed by atoms with Crippen molar-refractivity contribution in [3.63, 3.8) is 0 Å². The van der Waals surface area contributed by atoms with E-state index in [1.54, 1.807) is 0 Å². The van der Waals surface area contributed by atoms with Gasteiger partial charge in [0.1, 0.15) is 5.82 Å². The maximum atomic E-state index is 4.33. The molecule has 1 aromatic heterocycles. The van der Waals surface area contributed by atoms with Crippen LogP contribution in [0.1, 0.15) is 32.0 Å². The van der Waals surface area contributed by atoms with Crippen molar-refractivity contribution in [2.45, 2.75) is 38.8 Å². The summed E-state index contributed by atoms with van der Waals surface area (Å²) < 4.78 is 0. The third-order valence-electron chi connectivity index (χ3n) is 3.30. The molecule has 0 saturated carbocycles. The molecule has 0 aromatic carbocycles. The van der Waals surface area contributed by atoms with Crippen molar-refractivity contribution in [3.8, 4) is 0 Å². The lowest BCUT2D eigenvalue weighted by Gasteiger charge is -2.33. The monoisotopic (exact) mass is 234 g/mol. The number of nitrogens with zero attached hydrogens (tertiary/aromatic N) is 3. The van der Waals surface area contributed by atoms with E-state index in [1.807, 2.05) is 18.5 Å². The molecule has 0 aliphatic carbocycles. The fourth-order valence-corrected chi connectivity index (χ4v) is 2.44. The molecule has 4 nitrogen and oxygen atoms in total. The molecule has 0 amide bonds. The second kappa shape index (κ2) is 6.67. The van der Waals surface area contributed by atoms with Crippen molar-refractivity contribution in [3.05, 3.63) is 24.3 Å². The Balaban J connectivity index is 1.96. The molecule has 0 bridgehead atoms. The highest BCUT2D eigenvalue weighted by Gasteiger charge is 2.20. The van der Waals surface area contributed by atoms with Gasteiger partial charge in [0.2, 0.25) is 0 Å². The van der Waals surface area contributed by atoms with Crippen LogP contribution in [0.2, 0.25) is 0 Å². The second-order valence-electron chi connectivity index (χ2n) is 4.62. The number of rotatable bonds is 5. The minimum absolute atomic E-state index is 0.694. The van der Waals surface area contributed by atoms with E-state index in [9.17, 15) is 0 Å². The van der Waals surface area contributed by atoms with Crippen LogP contribution < -0.4 is 5.32 Å². The summed E-state index contributed by atoms with van der Waals surface area (Å²) in [7, 11) is 0. The van der Waals surface area contributed by atoms with Gasteiger partial charge in [-0.2, -0.15) is 0 Å². The van der Waals surface area contributed by atoms with Crippen LogP contribution in [0.3, 0.4) is 0 Å². The predicted octanol–water partition coefficient (Wildman–Crippen LogP) is 1.44. The zero-order chi connectivity index (χ0) is 11.9. The van der Waals surface area contributed by atoms with Gasteiger partial charge in [-0.05, 0) is 45.0 Å². The molecule has 0 radical (unpaired) electrons. The molecule has 1 aromatic rings. The molecule has 0 spiro atoms. The molecule has 17 heavy (non-hydrogen) atoms. The summed E-state index contributed by atoms with van der Waals surface area (Å²) in [6, 6.07) is 2.57. The van der Waals surface area contributed by atoms with Crippen LogP contribution in [0, 0.1) is 0 Å². The Labute approximate surface area is 103 Å². The molecule has 0 unspecified atom stereocenters. The summed E-state index contributed by atoms with van der Waals surface area (Å²) >= 11 is 0. The highest BCUT2D eigenvalue weighted by atomic mass is 15.2. The molecule has 1 N–H and O–H groups in total. The van der Waals surface area contributed by atoms with Crippen molar-refractivity contribution in [1.29, 1.82) is 0 Å². The fraction of sp³-hybridized carbons (Fsp3) is 0.692. The molecule has 4 heteroatoms. The van der Waals surface area contributed by atoms with E-state index in [1.165, 1.54) is 19.3 Å². The molecule has 1 aliphatic rings. The number of nitrogens with one attached hydrogen (secondary N) is 1. The number of piperidine rings is 1. The first-order chi connectivity index (χ1) is 8.40. The van der Waals surface area contributed by atoms with Crippen molar-refractivity contribution in [1.82, 2.24) is 20.2 Å². The fourth-order valence-electron chi connectivity index (χ4n) is 2.44. The molecule has 2 rings (SSSR count). The first-order valence-electron chi connectivity index (χ1n) is 6.61. The Morgan fingerprint density at radius 1 is 1.29 bits per heavy atom. The Bertz CT molecular complexity index is 308. The van der Waals surface area contributed by atoms with Gasteiger partial charge in [0.25, 0.3) is 0 Å². The molecule has 0 atom stereocenters. The number of hydrogen-bond acceptors (Lipinski definition) is 4. The molecule has 1 fully saturated rings. The van der Waals surface area contributed by atoms with Gasteiger partial charge >= 0.3 is 0 Å². The zero-order valence-electron chi connectivity index (χ0n) is 10.6. The van der Waals surface area contributed by atoms with Crippen LogP contribution in [0.15, 0.2) is 18.5 Å². The quantitative estimate of drug-likeness (QED) is 0.837. The zero-order valence-corrected chi connectivity index (χ0v) is 10.6. The number of hydrogen-bond donors (Lipinski definition) is 1. The van der Waals surface area contributed by atoms with Crippen molar-refractivity contribution < 1.29 is 0 Å². The second-order valence-corrected chi connectivity index (χ2v) is 4.62. The van der Waals surface area contributed by atoms with E-state index in [2.05, 4.69) is 27.1 Å². The van der Waals surface area contributed by atoms with Crippen molar-refractivity contribution in [2.24, 2.45) is 0 Å². The number of aromatic nitrogens is 2. The average molecular weight is 234 g/mol. The van der Waals surface area contributed by atoms with E-state index < -0.39 is 0 Å². The third kappa shape index (κ3) is 3.75. The van der Waals surface area contributed by atoms with E-state index in [-0.39, 0.29) is 0 Å². The van der Waals surface area contributed by atoms with E-state index >= 15 is 0 Å². The van der Waals surface area contributed by atoms with Crippen LogP contribution in [-0.4, -0.2) is 40.5 Å². The van der Waals surface area contributed by atoms with E-state index in [4.69, 9.17) is 0 Å². The lowest BCUT2D eigenvalue weighted by atomic mass is 10.0. The Kier molecular flexibility index (Phi) is 4.88. The lowest BCUT2D eigenvalue weighted by Crippen LogP contribution is -2.43. The third-order valence-corrected chi connectivity index (χ3v) is 3.30. The summed E-state index contributed by atoms with van der Waals surface area (Å²) in [5.41, 5.74) is 0. The maximum absolute atomic E-state index is 4.33. The molecule has 1 aliphatic heterocycles. The van der Waals surface area contributed by atoms with Crippen molar-refractivity contribution >= 4 is 0 Å². The predicted molar refractivity (Wildman–Crippen MR) is 68.6 cm³/mol. The van der Waals surface area contributed by atoms with Gasteiger partial charge in [-0.15, -0.1) is 0 Å². The van der Waals surface area contributed by atoms with Gasteiger partial charge in [0.15, 0.2) is 0 Å². The van der Waals surface area contributed by atoms with Crippen molar-refractivity contribution in [2.75, 3.05) is 19.6 Å². The minimum Gasteiger partial charge on any atom is -0.317 e. The largest absolute Gasteiger partial charge is 0.317 e. The maximum Gasteiger partial charge on any atom is 0.142 e. The molecule has 1 saturated heterocycles. The highest BCUT2D eigenvalue weighted by molar-refractivity contribution is 4.90. The summed E-state index contributed by atoms with van der Waals surface area (Å²) in [6.07, 6.45) is 7.33. The Morgan fingerprint density at radius 2 is 2.00 bits per heavy atom. The normalized spacial score (nSPS) is 17.5. The van der Waals surface area contributed by atoms with E-state index in [0.717, 1.165) is 32.0 Å². The van der Waals surface area contributed by atoms with Gasteiger partial charge in [0, 0.05) is 18.4 Å². The molecular weight excluding hydrogens is 212 g/mol. The van der Waals surface area contributed by atoms with Gasteiger partial charge in [0.05, 0.1) is 6.54 Å². The minimum atomic E-state index is 0.694. The van der Waals surface area contributed by atoms with Gasteiger partial charge in [-0.1, -0.05) is 6.92 Å². The van der Waals surface area contributed by atoms with Crippen LogP contribution >= 0.6 is 0 Å². The van der Waals surface area contributed by atoms with Crippen LogP contribution in [0.4, 0.5) is 0 Å². The Hall–Kier alpha value is -1.00. The standard InChI is InChI=1S/C13H22N4/c1-2-10-17(12-4-8-14-9-5-12)11-13-15-6-3-7-16-13/h3,6-7,12,14H,2,4-5,8-11H2,1H3. The summed E-state index contributed by atoms with van der Waals surface area (Å²) in [4.78, 5) is 11.2. The smallest absolute Gasteiger partial charge is 0.142 e. The van der Waals surface area contributed by atoms with Gasteiger partial charge in [-0.3, -0.25) is 4.90 Å². The lowest BCUT2D eigenvalue weighted by molar-refractivity contribution is 0.150. The summed E-state index contributed by atoms with van der Waals surface area (Å²) in [5.74, 6) is 0.944. The summed E-state index contributed by atoms with van der Waals surface area (Å²) in [6.45, 7) is 6.54. The van der Waals surface area contributed by atoms with Gasteiger partial charge < -0.3 is 5.32 Å². The summed E-state index contributed by atoms with van der Waals surface area (Å²) in [5, 5.41) is 3.42. The topological polar surface area (TPSA) is 41.1 Å². The first kappa shape index (κ1) is 12.5. The molecule has 2 heterocycles. The van der Waals surface area contributed by atoms with Crippen LogP contribution in [-0.2, 0) is 6.54 Å². The van der Waals surface area contributed by atoms with E-state index in [0.29, 0.717) is 6.04 Å². The average Bonchev–Trinajstić information content (AvgIpc) is 2.40. The van der Waals surface area contributed by atoms with Gasteiger partial charge in [-0.25, -0.2) is 9.97 Å². The van der Waals surface area contributed by atoms with Crippen LogP contribution in [0.5, 0.6) is 0 Å². The SMILES string of the molecule is CCCN(Cc1ncccn1)C1CCNCC1.